The average Bonchev–Trinajstić information content (AvgIpc) is 3.26. The minimum atomic E-state index is -4.81. The molecule has 1 aliphatic rings. The number of rotatable bonds is 5. The van der Waals surface area contributed by atoms with Crippen LogP contribution in [0.3, 0.4) is 0 Å². The number of allylic oxidation sites excluding steroid dienone is 3. The van der Waals surface area contributed by atoms with Crippen molar-refractivity contribution in [2.24, 2.45) is 5.73 Å². The lowest BCUT2D eigenvalue weighted by molar-refractivity contribution is -0.146. The molecule has 33 heavy (non-hydrogen) atoms. The van der Waals surface area contributed by atoms with E-state index in [4.69, 9.17) is 5.73 Å². The maximum atomic E-state index is 13.5. The number of hydrogen-bond donors (Lipinski definition) is 1. The van der Waals surface area contributed by atoms with Crippen LogP contribution in [0.4, 0.5) is 13.2 Å². The molecule has 4 rings (SSSR count). The van der Waals surface area contributed by atoms with Crippen molar-refractivity contribution < 1.29 is 18.0 Å². The normalized spacial score (nSPS) is 18.6. The van der Waals surface area contributed by atoms with Crippen molar-refractivity contribution in [1.29, 1.82) is 0 Å². The molecular weight excluding hydrogens is 437 g/mol. The predicted molar refractivity (Wildman–Crippen MR) is 110 cm³/mol. The molecule has 9 nitrogen and oxygen atoms in total. The highest BCUT2D eigenvalue weighted by Crippen LogP contribution is 2.41. The van der Waals surface area contributed by atoms with Crippen molar-refractivity contribution in [2.75, 3.05) is 0 Å². The van der Waals surface area contributed by atoms with Gasteiger partial charge in [0.2, 0.25) is 5.91 Å². The monoisotopic (exact) mass is 456 g/mol. The smallest absolute Gasteiger partial charge is 0.366 e. The molecule has 0 saturated heterocycles. The van der Waals surface area contributed by atoms with Crippen LogP contribution in [-0.2, 0) is 22.8 Å². The lowest BCUT2D eigenvalue weighted by Crippen LogP contribution is -2.35. The average molecular weight is 456 g/mol. The summed E-state index contributed by atoms with van der Waals surface area (Å²) >= 11 is 0. The van der Waals surface area contributed by atoms with Gasteiger partial charge in [-0.15, -0.1) is 5.10 Å². The first-order valence-corrected chi connectivity index (χ1v) is 9.87. The number of carbonyl (C=O) groups is 1. The van der Waals surface area contributed by atoms with Crippen molar-refractivity contribution in [3.8, 4) is 0 Å². The number of aromatic nitrogens is 7. The van der Waals surface area contributed by atoms with Crippen molar-refractivity contribution in [1.82, 2.24) is 35.2 Å². The Labute approximate surface area is 186 Å². The molecule has 0 aliphatic heterocycles. The van der Waals surface area contributed by atoms with Gasteiger partial charge in [-0.3, -0.25) is 19.7 Å². The highest BCUT2D eigenvalue weighted by atomic mass is 19.4. The fraction of sp³-hybridized carbons (Fsp3) is 0.286. The van der Waals surface area contributed by atoms with E-state index in [0.29, 0.717) is 21.8 Å². The van der Waals surface area contributed by atoms with Gasteiger partial charge >= 0.3 is 6.18 Å². The summed E-state index contributed by atoms with van der Waals surface area (Å²) in [4.78, 5) is 25.4. The molecule has 1 aliphatic carbocycles. The molecule has 3 aromatic heterocycles. The van der Waals surface area contributed by atoms with Gasteiger partial charge in [0.05, 0.1) is 22.8 Å². The summed E-state index contributed by atoms with van der Waals surface area (Å²) in [5.74, 6) is -2.09. The van der Waals surface area contributed by atoms with Crippen LogP contribution in [0.25, 0.3) is 5.70 Å². The minimum absolute atomic E-state index is 0.0465. The Bertz CT molecular complexity index is 1250. The Morgan fingerprint density at radius 3 is 2.55 bits per heavy atom. The first kappa shape index (κ1) is 22.2. The Morgan fingerprint density at radius 2 is 1.94 bits per heavy atom. The second kappa shape index (κ2) is 8.19. The number of tetrazole rings is 1. The number of halogens is 3. The third-order valence-electron chi connectivity index (χ3n) is 5.29. The van der Waals surface area contributed by atoms with Gasteiger partial charge in [0.1, 0.15) is 0 Å². The van der Waals surface area contributed by atoms with Crippen LogP contribution in [0, 0.1) is 13.8 Å². The standard InChI is InChI=1S/C21H19F3N8O/c1-12-3-4-17(28-9-12)20(7-15-11-26-13(2)10-27-15)6-14(18(25)33)5-16(8-20)32-19(21(22,23)24)29-30-31-32/h3-5,8-11H,6-7H2,1-2H3,(H2,25,33). The molecule has 0 saturated carbocycles. The number of primary amides is 1. The molecule has 1 atom stereocenters. The van der Waals surface area contributed by atoms with Crippen molar-refractivity contribution in [3.63, 3.8) is 0 Å². The van der Waals surface area contributed by atoms with Gasteiger partial charge < -0.3 is 5.73 Å². The minimum Gasteiger partial charge on any atom is -0.366 e. The van der Waals surface area contributed by atoms with Crippen LogP contribution in [0.5, 0.6) is 0 Å². The van der Waals surface area contributed by atoms with E-state index < -0.39 is 23.3 Å². The van der Waals surface area contributed by atoms with Crippen LogP contribution in [-0.4, -0.2) is 41.1 Å². The molecular formula is C21H19F3N8O. The van der Waals surface area contributed by atoms with Gasteiger partial charge in [-0.2, -0.15) is 17.9 Å². The summed E-state index contributed by atoms with van der Waals surface area (Å²) in [6.07, 6.45) is 3.15. The van der Waals surface area contributed by atoms with Crippen molar-refractivity contribution >= 4 is 11.6 Å². The largest absolute Gasteiger partial charge is 0.453 e. The molecule has 12 heteroatoms. The van der Waals surface area contributed by atoms with E-state index in [1.807, 2.05) is 13.0 Å². The highest BCUT2D eigenvalue weighted by Gasteiger charge is 2.42. The van der Waals surface area contributed by atoms with Crippen molar-refractivity contribution in [2.45, 2.75) is 38.3 Å². The zero-order chi connectivity index (χ0) is 23.8. The van der Waals surface area contributed by atoms with Crippen molar-refractivity contribution in [3.05, 3.63) is 76.9 Å². The fourth-order valence-electron chi connectivity index (χ4n) is 3.73. The van der Waals surface area contributed by atoms with E-state index in [-0.39, 0.29) is 24.1 Å². The number of alkyl halides is 3. The Kier molecular flexibility index (Phi) is 5.52. The molecule has 1 amide bonds. The third-order valence-corrected chi connectivity index (χ3v) is 5.29. The van der Waals surface area contributed by atoms with Gasteiger partial charge in [0.15, 0.2) is 0 Å². The second-order valence-corrected chi connectivity index (χ2v) is 7.89. The van der Waals surface area contributed by atoms with Crippen LogP contribution in [0.15, 0.2) is 48.4 Å². The lowest BCUT2D eigenvalue weighted by Gasteiger charge is -2.34. The highest BCUT2D eigenvalue weighted by molar-refractivity contribution is 5.95. The first-order valence-electron chi connectivity index (χ1n) is 9.87. The van der Waals surface area contributed by atoms with E-state index in [0.717, 1.165) is 5.56 Å². The molecule has 0 radical (unpaired) electrons. The van der Waals surface area contributed by atoms with E-state index in [1.54, 1.807) is 37.7 Å². The summed E-state index contributed by atoms with van der Waals surface area (Å²) in [5.41, 5.74) is 7.29. The summed E-state index contributed by atoms with van der Waals surface area (Å²) in [6, 6.07) is 3.60. The zero-order valence-corrected chi connectivity index (χ0v) is 17.7. The van der Waals surface area contributed by atoms with E-state index in [9.17, 15) is 18.0 Å². The van der Waals surface area contributed by atoms with E-state index in [2.05, 4.69) is 30.5 Å². The van der Waals surface area contributed by atoms with Gasteiger partial charge in [0.25, 0.3) is 5.82 Å². The summed E-state index contributed by atoms with van der Waals surface area (Å²) in [6.45, 7) is 3.65. The Morgan fingerprint density at radius 1 is 1.15 bits per heavy atom. The van der Waals surface area contributed by atoms with E-state index >= 15 is 0 Å². The number of nitrogens with zero attached hydrogens (tertiary/aromatic N) is 7. The Hall–Kier alpha value is -3.96. The summed E-state index contributed by atoms with van der Waals surface area (Å²) in [7, 11) is 0. The van der Waals surface area contributed by atoms with Gasteiger partial charge in [-0.05, 0) is 54.5 Å². The van der Waals surface area contributed by atoms with Gasteiger partial charge in [0, 0.05) is 36.0 Å². The molecule has 170 valence electrons. The first-order chi connectivity index (χ1) is 15.6. The van der Waals surface area contributed by atoms with Gasteiger partial charge in [-0.1, -0.05) is 6.07 Å². The number of hydrogen-bond acceptors (Lipinski definition) is 7. The molecule has 2 N–H and O–H groups in total. The summed E-state index contributed by atoms with van der Waals surface area (Å²) < 4.78 is 41.1. The molecule has 0 fully saturated rings. The SMILES string of the molecule is Cc1ccc(C2(Cc3cnc(C)cn3)C=C(n3nnnc3C(F)(F)F)C=C(C(N)=O)C2)nc1. The summed E-state index contributed by atoms with van der Waals surface area (Å²) in [5, 5.41) is 9.80. The van der Waals surface area contributed by atoms with Gasteiger partial charge in [-0.25, -0.2) is 0 Å². The van der Waals surface area contributed by atoms with E-state index in [1.165, 1.54) is 6.08 Å². The van der Waals surface area contributed by atoms with Crippen LogP contribution in [0.2, 0.25) is 0 Å². The molecule has 1 unspecified atom stereocenters. The maximum Gasteiger partial charge on any atom is 0.453 e. The number of amides is 1. The fourth-order valence-corrected chi connectivity index (χ4v) is 3.73. The Balaban J connectivity index is 1.93. The second-order valence-electron chi connectivity index (χ2n) is 7.89. The zero-order valence-electron chi connectivity index (χ0n) is 17.7. The molecule has 3 aromatic rings. The molecule has 0 spiro atoms. The molecule has 0 bridgehead atoms. The third kappa shape index (κ3) is 4.49. The number of carbonyl (C=O) groups excluding carboxylic acids is 1. The molecule has 3 heterocycles. The molecule has 0 aromatic carbocycles. The quantitative estimate of drug-likeness (QED) is 0.625. The number of nitrogens with two attached hydrogens (primary N) is 1. The number of aryl methyl sites for hydroxylation is 2. The van der Waals surface area contributed by atoms with Crippen LogP contribution < -0.4 is 5.73 Å². The predicted octanol–water partition coefficient (Wildman–Crippen LogP) is 2.33. The van der Waals surface area contributed by atoms with Crippen LogP contribution in [0.1, 0.15) is 34.9 Å². The maximum absolute atomic E-state index is 13.5. The lowest BCUT2D eigenvalue weighted by atomic mass is 9.71. The number of pyridine rings is 1. The topological polar surface area (TPSA) is 125 Å². The van der Waals surface area contributed by atoms with Crippen LogP contribution >= 0.6 is 0 Å².